The molecule has 0 spiro atoms. The Bertz CT molecular complexity index is 698. The summed E-state index contributed by atoms with van der Waals surface area (Å²) >= 11 is 0. The molecule has 0 aliphatic rings. The van der Waals surface area contributed by atoms with Crippen LogP contribution < -0.4 is 22.5 Å². The second-order valence-corrected chi connectivity index (χ2v) is 4.07. The van der Waals surface area contributed by atoms with Crippen molar-refractivity contribution in [1.29, 1.82) is 0 Å². The smallest absolute Gasteiger partial charge is 0.332 e. The highest BCUT2D eigenvalue weighted by atomic mass is 16.5. The Balaban J connectivity index is 2.63. The second-order valence-electron chi connectivity index (χ2n) is 4.07. The standard InChI is InChI=1S/C10H16N6O3/c1-15-8(17)6-7(13-9(12-6)14-11)16(10(15)18)4-3-5-19-2/h3-5,11H2,1-2H3,(H2,12,13,14). The maximum Gasteiger partial charge on any atom is 0.332 e. The van der Waals surface area contributed by atoms with Crippen LogP contribution in [0.1, 0.15) is 6.42 Å². The number of aromatic amines is 1. The highest BCUT2D eigenvalue weighted by Crippen LogP contribution is 2.08. The first kappa shape index (κ1) is 13.3. The van der Waals surface area contributed by atoms with Gasteiger partial charge in [-0.2, -0.15) is 4.98 Å². The monoisotopic (exact) mass is 268 g/mol. The maximum absolute atomic E-state index is 12.1. The lowest BCUT2D eigenvalue weighted by atomic mass is 10.4. The molecule has 9 nitrogen and oxygen atoms in total. The van der Waals surface area contributed by atoms with Crippen LogP contribution in [0, 0.1) is 0 Å². The lowest BCUT2D eigenvalue weighted by Gasteiger charge is -2.07. The van der Waals surface area contributed by atoms with Gasteiger partial charge in [-0.05, 0) is 6.42 Å². The first-order valence-electron chi connectivity index (χ1n) is 5.75. The number of aromatic nitrogens is 4. The van der Waals surface area contributed by atoms with E-state index in [2.05, 4.69) is 15.4 Å². The molecule has 0 radical (unpaired) electrons. The van der Waals surface area contributed by atoms with E-state index < -0.39 is 11.2 Å². The third-order valence-electron chi connectivity index (χ3n) is 2.84. The molecule has 0 bridgehead atoms. The average Bonchev–Trinajstić information content (AvgIpc) is 2.84. The number of hydrogen-bond donors (Lipinski definition) is 3. The molecule has 0 atom stereocenters. The average molecular weight is 268 g/mol. The molecule has 0 saturated heterocycles. The predicted molar refractivity (Wildman–Crippen MR) is 69.9 cm³/mol. The third kappa shape index (κ3) is 2.25. The Kier molecular flexibility index (Phi) is 3.67. The Hall–Kier alpha value is -2.13. The van der Waals surface area contributed by atoms with E-state index in [0.29, 0.717) is 19.6 Å². The number of imidazole rings is 1. The van der Waals surface area contributed by atoms with Crippen molar-refractivity contribution in [2.45, 2.75) is 13.0 Å². The normalized spacial score (nSPS) is 11.1. The number of H-pyrrole nitrogens is 1. The van der Waals surface area contributed by atoms with E-state index in [4.69, 9.17) is 10.6 Å². The number of fused-ring (bicyclic) bond motifs is 1. The molecule has 2 aromatic rings. The van der Waals surface area contributed by atoms with Crippen LogP contribution in [0.25, 0.3) is 11.2 Å². The van der Waals surface area contributed by atoms with Gasteiger partial charge in [0.15, 0.2) is 11.2 Å². The molecule has 0 amide bonds. The number of methoxy groups -OCH3 is 1. The summed E-state index contributed by atoms with van der Waals surface area (Å²) in [6.07, 6.45) is 0.641. The third-order valence-corrected chi connectivity index (χ3v) is 2.84. The van der Waals surface area contributed by atoms with Crippen molar-refractivity contribution in [2.75, 3.05) is 19.1 Å². The number of nitrogens with zero attached hydrogens (tertiary/aromatic N) is 3. The zero-order valence-electron chi connectivity index (χ0n) is 10.8. The molecule has 0 fully saturated rings. The van der Waals surface area contributed by atoms with Crippen molar-refractivity contribution in [2.24, 2.45) is 12.9 Å². The number of nitrogens with one attached hydrogen (secondary N) is 2. The van der Waals surface area contributed by atoms with E-state index in [1.165, 1.54) is 11.6 Å². The summed E-state index contributed by atoms with van der Waals surface area (Å²) < 4.78 is 7.41. The van der Waals surface area contributed by atoms with Gasteiger partial charge >= 0.3 is 5.69 Å². The van der Waals surface area contributed by atoms with E-state index in [1.807, 2.05) is 0 Å². The van der Waals surface area contributed by atoms with Gasteiger partial charge in [0.25, 0.3) is 5.56 Å². The minimum absolute atomic E-state index is 0.234. The van der Waals surface area contributed by atoms with Crippen LogP contribution in [0.2, 0.25) is 0 Å². The van der Waals surface area contributed by atoms with E-state index >= 15 is 0 Å². The van der Waals surface area contributed by atoms with Gasteiger partial charge in [-0.15, -0.1) is 0 Å². The lowest BCUT2D eigenvalue weighted by Crippen LogP contribution is -2.38. The number of ether oxygens (including phenoxy) is 1. The van der Waals surface area contributed by atoms with Gasteiger partial charge in [0.2, 0.25) is 5.95 Å². The fraction of sp³-hybridized carbons (Fsp3) is 0.500. The molecule has 2 heterocycles. The summed E-state index contributed by atoms with van der Waals surface area (Å²) in [7, 11) is 3.01. The highest BCUT2D eigenvalue weighted by Gasteiger charge is 2.14. The number of hydrazine groups is 1. The van der Waals surface area contributed by atoms with Crippen molar-refractivity contribution in [3.63, 3.8) is 0 Å². The Labute approximate surface area is 108 Å². The van der Waals surface area contributed by atoms with Crippen LogP contribution in [0.3, 0.4) is 0 Å². The molecule has 0 saturated carbocycles. The molecular formula is C10H16N6O3. The van der Waals surface area contributed by atoms with E-state index in [-0.39, 0.29) is 17.1 Å². The van der Waals surface area contributed by atoms with Gasteiger partial charge in [-0.3, -0.25) is 19.4 Å². The molecule has 0 aromatic carbocycles. The van der Waals surface area contributed by atoms with Gasteiger partial charge in [-0.25, -0.2) is 10.6 Å². The molecule has 4 N–H and O–H groups in total. The molecule has 19 heavy (non-hydrogen) atoms. The molecule has 104 valence electrons. The summed E-state index contributed by atoms with van der Waals surface area (Å²) in [5.74, 6) is 5.49. The number of rotatable bonds is 5. The summed E-state index contributed by atoms with van der Waals surface area (Å²) in [6, 6.07) is 0. The minimum atomic E-state index is -0.433. The van der Waals surface area contributed by atoms with Gasteiger partial charge in [-0.1, -0.05) is 0 Å². The number of hydrogen-bond acceptors (Lipinski definition) is 6. The van der Waals surface area contributed by atoms with Crippen LogP contribution in [0.5, 0.6) is 0 Å². The quantitative estimate of drug-likeness (QED) is 0.354. The largest absolute Gasteiger partial charge is 0.385 e. The number of nitrogens with two attached hydrogens (primary N) is 1. The molecule has 2 aromatic heterocycles. The van der Waals surface area contributed by atoms with Crippen molar-refractivity contribution < 1.29 is 4.74 Å². The Morgan fingerprint density at radius 3 is 2.84 bits per heavy atom. The zero-order chi connectivity index (χ0) is 14.0. The Morgan fingerprint density at radius 1 is 1.47 bits per heavy atom. The van der Waals surface area contributed by atoms with Crippen molar-refractivity contribution >= 4 is 17.1 Å². The molecule has 0 aliphatic carbocycles. The highest BCUT2D eigenvalue weighted by molar-refractivity contribution is 5.72. The summed E-state index contributed by atoms with van der Waals surface area (Å²) in [4.78, 5) is 30.9. The first-order valence-corrected chi connectivity index (χ1v) is 5.75. The zero-order valence-corrected chi connectivity index (χ0v) is 10.8. The van der Waals surface area contributed by atoms with Crippen molar-refractivity contribution in [3.8, 4) is 0 Å². The molecule has 0 aliphatic heterocycles. The molecule has 0 unspecified atom stereocenters. The van der Waals surface area contributed by atoms with E-state index in [9.17, 15) is 9.59 Å². The van der Waals surface area contributed by atoms with Crippen LogP contribution in [-0.2, 0) is 18.3 Å². The van der Waals surface area contributed by atoms with Gasteiger partial charge in [0.05, 0.1) is 0 Å². The number of nitrogen functional groups attached to an aromatic ring is 1. The fourth-order valence-electron chi connectivity index (χ4n) is 1.87. The van der Waals surface area contributed by atoms with E-state index in [0.717, 1.165) is 4.57 Å². The van der Waals surface area contributed by atoms with Gasteiger partial charge in [0, 0.05) is 27.3 Å². The van der Waals surface area contributed by atoms with Crippen LogP contribution >= 0.6 is 0 Å². The second kappa shape index (κ2) is 5.24. The summed E-state index contributed by atoms with van der Waals surface area (Å²) in [5.41, 5.74) is 2.01. The van der Waals surface area contributed by atoms with Crippen molar-refractivity contribution in [1.82, 2.24) is 19.1 Å². The molecule has 9 heteroatoms. The van der Waals surface area contributed by atoms with E-state index in [1.54, 1.807) is 7.11 Å². The summed E-state index contributed by atoms with van der Waals surface area (Å²) in [5, 5.41) is 0. The maximum atomic E-state index is 12.1. The molecule has 2 rings (SSSR count). The fourth-order valence-corrected chi connectivity index (χ4v) is 1.87. The predicted octanol–water partition coefficient (Wildman–Crippen LogP) is -1.25. The van der Waals surface area contributed by atoms with Crippen LogP contribution in [0.4, 0.5) is 5.95 Å². The van der Waals surface area contributed by atoms with Gasteiger partial charge < -0.3 is 9.72 Å². The topological polar surface area (TPSA) is 120 Å². The van der Waals surface area contributed by atoms with Gasteiger partial charge in [0.1, 0.15) is 0 Å². The van der Waals surface area contributed by atoms with Crippen LogP contribution in [0.15, 0.2) is 9.59 Å². The lowest BCUT2D eigenvalue weighted by molar-refractivity contribution is 0.190. The van der Waals surface area contributed by atoms with Crippen LogP contribution in [-0.4, -0.2) is 32.8 Å². The summed E-state index contributed by atoms with van der Waals surface area (Å²) in [6.45, 7) is 0.926. The number of aryl methyl sites for hydroxylation is 1. The first-order chi connectivity index (χ1) is 9.10. The molecular weight excluding hydrogens is 252 g/mol. The Morgan fingerprint density at radius 2 is 2.21 bits per heavy atom. The minimum Gasteiger partial charge on any atom is -0.385 e. The number of anilines is 1. The SMILES string of the molecule is COCCCn1c(=O)n(C)c(=O)c2[nH]c(NN)nc21. The van der Waals surface area contributed by atoms with Crippen molar-refractivity contribution in [3.05, 3.63) is 20.8 Å².